The quantitative estimate of drug-likeness (QED) is 0.842. The van der Waals surface area contributed by atoms with E-state index in [0.717, 1.165) is 5.56 Å². The number of aryl methyl sites for hydroxylation is 1. The molecular formula is C15H21N3O4S. The molecule has 1 aliphatic heterocycles. The minimum Gasteiger partial charge on any atom is -0.481 e. The van der Waals surface area contributed by atoms with E-state index in [9.17, 15) is 9.59 Å². The number of hydrogen-bond acceptors (Lipinski definition) is 6. The first-order valence-electron chi connectivity index (χ1n) is 7.26. The molecular weight excluding hydrogens is 318 g/mol. The fourth-order valence-corrected chi connectivity index (χ4v) is 3.45. The van der Waals surface area contributed by atoms with Crippen LogP contribution in [0.4, 0.5) is 4.79 Å². The van der Waals surface area contributed by atoms with Crippen molar-refractivity contribution in [2.24, 2.45) is 0 Å². The van der Waals surface area contributed by atoms with Crippen LogP contribution >= 0.6 is 11.8 Å². The number of nitrogens with zero attached hydrogens (tertiary/aromatic N) is 3. The van der Waals surface area contributed by atoms with Crippen LogP contribution in [0.25, 0.3) is 0 Å². The lowest BCUT2D eigenvalue weighted by atomic mass is 9.95. The second kappa shape index (κ2) is 6.35. The summed E-state index contributed by atoms with van der Waals surface area (Å²) in [6, 6.07) is 0. The van der Waals surface area contributed by atoms with Crippen LogP contribution in [0.1, 0.15) is 32.8 Å². The van der Waals surface area contributed by atoms with Gasteiger partial charge in [0.05, 0.1) is 11.2 Å². The van der Waals surface area contributed by atoms with Crippen molar-refractivity contribution in [3.63, 3.8) is 0 Å². The Kier molecular flexibility index (Phi) is 4.84. The molecule has 0 aliphatic carbocycles. The molecule has 1 aromatic rings. The summed E-state index contributed by atoms with van der Waals surface area (Å²) in [5.74, 6) is -0.909. The zero-order chi connectivity index (χ0) is 17.3. The number of aromatic nitrogens is 2. The fourth-order valence-electron chi connectivity index (χ4n) is 2.22. The normalized spacial score (nSPS) is 16.6. The first kappa shape index (κ1) is 17.5. The molecule has 0 aromatic carbocycles. The number of carboxylic acid groups (broad SMARTS) is 1. The van der Waals surface area contributed by atoms with Crippen LogP contribution in [0.5, 0.6) is 0 Å². The first-order chi connectivity index (χ1) is 10.6. The maximum absolute atomic E-state index is 12.0. The van der Waals surface area contributed by atoms with E-state index in [4.69, 9.17) is 9.84 Å². The van der Waals surface area contributed by atoms with Gasteiger partial charge in [0, 0.05) is 25.5 Å². The van der Waals surface area contributed by atoms with Crippen molar-refractivity contribution < 1.29 is 19.4 Å². The van der Waals surface area contributed by atoms with Gasteiger partial charge < -0.3 is 14.7 Å². The van der Waals surface area contributed by atoms with Gasteiger partial charge in [0.1, 0.15) is 5.60 Å². The van der Waals surface area contributed by atoms with Crippen molar-refractivity contribution >= 4 is 23.8 Å². The molecule has 2 heterocycles. The van der Waals surface area contributed by atoms with Crippen molar-refractivity contribution in [3.05, 3.63) is 18.0 Å². The summed E-state index contributed by atoms with van der Waals surface area (Å²) in [5, 5.41) is 9.67. The Morgan fingerprint density at radius 3 is 2.39 bits per heavy atom. The molecule has 1 fully saturated rings. The molecule has 1 N–H and O–H groups in total. The van der Waals surface area contributed by atoms with Crippen LogP contribution in [0.3, 0.4) is 0 Å². The standard InChI is InChI=1S/C15H21N3O4S/c1-10-6-16-12(17-7-10)23-15(5-11(19)20)8-18(9-15)13(21)22-14(2,3)4/h6-7H,5,8-9H2,1-4H3,(H,19,20). The van der Waals surface area contributed by atoms with E-state index in [2.05, 4.69) is 9.97 Å². The van der Waals surface area contributed by atoms with Gasteiger partial charge >= 0.3 is 12.1 Å². The topological polar surface area (TPSA) is 92.6 Å². The van der Waals surface area contributed by atoms with Crippen LogP contribution in [-0.4, -0.2) is 55.5 Å². The molecule has 126 valence electrons. The number of carbonyl (C=O) groups is 2. The van der Waals surface area contributed by atoms with Crippen LogP contribution in [-0.2, 0) is 9.53 Å². The van der Waals surface area contributed by atoms with E-state index in [-0.39, 0.29) is 6.42 Å². The Morgan fingerprint density at radius 2 is 1.91 bits per heavy atom. The number of aliphatic carboxylic acids is 1. The van der Waals surface area contributed by atoms with Gasteiger partial charge in [-0.15, -0.1) is 0 Å². The number of ether oxygens (including phenoxy) is 1. The van der Waals surface area contributed by atoms with Crippen LogP contribution in [0.15, 0.2) is 17.6 Å². The summed E-state index contributed by atoms with van der Waals surface area (Å²) in [4.78, 5) is 33.1. The molecule has 1 saturated heterocycles. The van der Waals surface area contributed by atoms with Crippen molar-refractivity contribution in [2.45, 2.75) is 49.6 Å². The molecule has 23 heavy (non-hydrogen) atoms. The van der Waals surface area contributed by atoms with Crippen LogP contribution in [0, 0.1) is 6.92 Å². The second-order valence-corrected chi connectivity index (χ2v) is 8.17. The maximum atomic E-state index is 12.0. The van der Waals surface area contributed by atoms with Crippen molar-refractivity contribution in [1.29, 1.82) is 0 Å². The van der Waals surface area contributed by atoms with Gasteiger partial charge in [-0.05, 0) is 33.3 Å². The number of amides is 1. The summed E-state index contributed by atoms with van der Waals surface area (Å²) in [7, 11) is 0. The van der Waals surface area contributed by atoms with E-state index in [1.807, 2.05) is 6.92 Å². The highest BCUT2D eigenvalue weighted by molar-refractivity contribution is 8.00. The number of rotatable bonds is 4. The van der Waals surface area contributed by atoms with E-state index in [1.165, 1.54) is 16.7 Å². The first-order valence-corrected chi connectivity index (χ1v) is 8.08. The molecule has 0 bridgehead atoms. The molecule has 1 aromatic heterocycles. The van der Waals surface area contributed by atoms with Crippen molar-refractivity contribution in [3.8, 4) is 0 Å². The molecule has 0 spiro atoms. The zero-order valence-corrected chi connectivity index (χ0v) is 14.5. The van der Waals surface area contributed by atoms with Crippen LogP contribution < -0.4 is 0 Å². The average molecular weight is 339 g/mol. The predicted octanol–water partition coefficient (Wildman–Crippen LogP) is 2.34. The fraction of sp³-hybridized carbons (Fsp3) is 0.600. The molecule has 1 aliphatic rings. The SMILES string of the molecule is Cc1cnc(SC2(CC(=O)O)CN(C(=O)OC(C)(C)C)C2)nc1. The molecule has 0 radical (unpaired) electrons. The van der Waals surface area contributed by atoms with Gasteiger partial charge in [0.2, 0.25) is 0 Å². The summed E-state index contributed by atoms with van der Waals surface area (Å²) < 4.78 is 4.69. The highest BCUT2D eigenvalue weighted by atomic mass is 32.2. The lowest BCUT2D eigenvalue weighted by Gasteiger charge is -2.48. The molecule has 0 atom stereocenters. The van der Waals surface area contributed by atoms with E-state index < -0.39 is 22.4 Å². The highest BCUT2D eigenvalue weighted by Gasteiger charge is 2.49. The molecule has 0 unspecified atom stereocenters. The molecule has 2 rings (SSSR count). The lowest BCUT2D eigenvalue weighted by molar-refractivity contribution is -0.138. The van der Waals surface area contributed by atoms with Gasteiger partial charge in [-0.1, -0.05) is 11.8 Å². The van der Waals surface area contributed by atoms with Crippen molar-refractivity contribution in [2.75, 3.05) is 13.1 Å². The minimum atomic E-state index is -0.909. The third kappa shape index (κ3) is 4.82. The number of likely N-dealkylation sites (tertiary alicyclic amines) is 1. The Balaban J connectivity index is 2.04. The minimum absolute atomic E-state index is 0.0613. The Hall–Kier alpha value is -1.83. The number of carboxylic acids is 1. The van der Waals surface area contributed by atoms with E-state index in [0.29, 0.717) is 18.2 Å². The third-order valence-corrected chi connectivity index (χ3v) is 4.38. The zero-order valence-electron chi connectivity index (χ0n) is 13.7. The molecule has 0 saturated carbocycles. The predicted molar refractivity (Wildman–Crippen MR) is 85.4 cm³/mol. The third-order valence-electron chi connectivity index (χ3n) is 3.15. The number of hydrogen-bond donors (Lipinski definition) is 1. The number of carbonyl (C=O) groups excluding carboxylic acids is 1. The molecule has 7 nitrogen and oxygen atoms in total. The average Bonchev–Trinajstić information content (AvgIpc) is 2.35. The maximum Gasteiger partial charge on any atom is 0.410 e. The van der Waals surface area contributed by atoms with E-state index >= 15 is 0 Å². The van der Waals surface area contributed by atoms with Gasteiger partial charge in [-0.3, -0.25) is 4.79 Å². The van der Waals surface area contributed by atoms with E-state index in [1.54, 1.807) is 33.2 Å². The lowest BCUT2D eigenvalue weighted by Crippen LogP contribution is -2.62. The van der Waals surface area contributed by atoms with Gasteiger partial charge in [-0.2, -0.15) is 0 Å². The highest BCUT2D eigenvalue weighted by Crippen LogP contribution is 2.42. The number of thioether (sulfide) groups is 1. The van der Waals surface area contributed by atoms with Crippen LogP contribution in [0.2, 0.25) is 0 Å². The molecule has 1 amide bonds. The van der Waals surface area contributed by atoms with Crippen molar-refractivity contribution in [1.82, 2.24) is 14.9 Å². The Bertz CT molecular complexity index is 592. The molecule has 8 heteroatoms. The Morgan fingerprint density at radius 1 is 1.35 bits per heavy atom. The Labute approximate surface area is 139 Å². The largest absolute Gasteiger partial charge is 0.481 e. The monoisotopic (exact) mass is 339 g/mol. The second-order valence-electron chi connectivity index (χ2n) is 6.73. The van der Waals surface area contributed by atoms with Gasteiger partial charge in [-0.25, -0.2) is 14.8 Å². The van der Waals surface area contributed by atoms with Gasteiger partial charge in [0.25, 0.3) is 0 Å². The van der Waals surface area contributed by atoms with Gasteiger partial charge in [0.15, 0.2) is 5.16 Å². The summed E-state index contributed by atoms with van der Waals surface area (Å²) in [6.07, 6.45) is 2.89. The summed E-state index contributed by atoms with van der Waals surface area (Å²) in [5.41, 5.74) is 0.362. The summed E-state index contributed by atoms with van der Waals surface area (Å²) in [6.45, 7) is 7.87. The smallest absolute Gasteiger partial charge is 0.410 e. The summed E-state index contributed by atoms with van der Waals surface area (Å²) >= 11 is 1.30.